The second-order valence-electron chi connectivity index (χ2n) is 7.77. The number of nitrogens with one attached hydrogen (secondary N) is 2. The Morgan fingerprint density at radius 3 is 2.67 bits per heavy atom. The third-order valence-corrected chi connectivity index (χ3v) is 6.31. The second kappa shape index (κ2) is 10.4. The summed E-state index contributed by atoms with van der Waals surface area (Å²) in [6, 6.07) is 21.3. The Labute approximate surface area is 198 Å². The zero-order chi connectivity index (χ0) is 23.2. The van der Waals surface area contributed by atoms with Crippen molar-refractivity contribution in [2.75, 3.05) is 18.5 Å². The molecule has 0 spiro atoms. The van der Waals surface area contributed by atoms with Gasteiger partial charge in [0, 0.05) is 17.0 Å². The van der Waals surface area contributed by atoms with Crippen molar-refractivity contribution in [2.45, 2.75) is 25.2 Å². The van der Waals surface area contributed by atoms with Crippen LogP contribution in [0.15, 0.2) is 76.5 Å². The maximum Gasteiger partial charge on any atom is 0.262 e. The van der Waals surface area contributed by atoms with E-state index in [2.05, 4.69) is 10.6 Å². The van der Waals surface area contributed by atoms with Gasteiger partial charge in [-0.1, -0.05) is 53.7 Å². The van der Waals surface area contributed by atoms with Crippen LogP contribution in [0.25, 0.3) is 6.08 Å². The number of fused-ring (bicyclic) bond motifs is 1. The van der Waals surface area contributed by atoms with Crippen molar-refractivity contribution in [1.29, 1.82) is 0 Å². The van der Waals surface area contributed by atoms with Gasteiger partial charge < -0.3 is 15.4 Å². The predicted octanol–water partition coefficient (Wildman–Crippen LogP) is 5.45. The first-order valence-corrected chi connectivity index (χ1v) is 11.7. The molecule has 1 heterocycles. The molecule has 3 aromatic rings. The van der Waals surface area contributed by atoms with Gasteiger partial charge in [-0.25, -0.2) is 0 Å². The molecule has 0 atom stereocenters. The van der Waals surface area contributed by atoms with Gasteiger partial charge in [-0.3, -0.25) is 9.59 Å². The summed E-state index contributed by atoms with van der Waals surface area (Å²) in [4.78, 5) is 26.8. The van der Waals surface area contributed by atoms with Crippen molar-refractivity contribution >= 4 is 35.3 Å². The van der Waals surface area contributed by atoms with E-state index in [1.807, 2.05) is 74.5 Å². The SMILES string of the molecule is CCOc1ccc(CCNC(=O)c2ccc3c(c2)NC(=O)C(=Cc2cccc(C)c2)S3)cc1. The standard InChI is InChI=1S/C27H26N2O3S/c1-3-32-22-10-7-19(8-11-22)13-14-28-26(30)21-9-12-24-23(17-21)29-27(31)25(33-24)16-20-6-4-5-18(2)15-20/h4-12,15-17H,3,13-14H2,1-2H3,(H,28,30)(H,29,31). The summed E-state index contributed by atoms with van der Waals surface area (Å²) in [6.07, 6.45) is 2.61. The third-order valence-electron chi connectivity index (χ3n) is 5.21. The topological polar surface area (TPSA) is 67.4 Å². The Bertz CT molecular complexity index is 1200. The molecular weight excluding hydrogens is 432 g/mol. The number of anilines is 1. The third kappa shape index (κ3) is 5.84. The molecule has 0 aromatic heterocycles. The first-order valence-electron chi connectivity index (χ1n) is 10.9. The van der Waals surface area contributed by atoms with Gasteiger partial charge in [0.05, 0.1) is 17.2 Å². The van der Waals surface area contributed by atoms with Crippen LogP contribution in [0, 0.1) is 6.92 Å². The van der Waals surface area contributed by atoms with Crippen LogP contribution in [0.2, 0.25) is 0 Å². The largest absolute Gasteiger partial charge is 0.494 e. The van der Waals surface area contributed by atoms with Gasteiger partial charge in [-0.2, -0.15) is 0 Å². The van der Waals surface area contributed by atoms with E-state index < -0.39 is 0 Å². The average Bonchev–Trinajstić information content (AvgIpc) is 2.80. The lowest BCUT2D eigenvalue weighted by molar-refractivity contribution is -0.112. The summed E-state index contributed by atoms with van der Waals surface area (Å²) in [5.74, 6) is 0.516. The Kier molecular flexibility index (Phi) is 7.15. The summed E-state index contributed by atoms with van der Waals surface area (Å²) in [7, 11) is 0. The predicted molar refractivity (Wildman–Crippen MR) is 134 cm³/mol. The van der Waals surface area contributed by atoms with Gasteiger partial charge in [-0.15, -0.1) is 0 Å². The fraction of sp³-hybridized carbons (Fsp3) is 0.185. The quantitative estimate of drug-likeness (QED) is 0.462. The van der Waals surface area contributed by atoms with Crippen LogP contribution < -0.4 is 15.4 Å². The van der Waals surface area contributed by atoms with Gasteiger partial charge in [-0.05, 0) is 67.8 Å². The molecule has 33 heavy (non-hydrogen) atoms. The summed E-state index contributed by atoms with van der Waals surface area (Å²) in [5.41, 5.74) is 4.43. The fourth-order valence-electron chi connectivity index (χ4n) is 3.55. The van der Waals surface area contributed by atoms with Gasteiger partial charge in [0.15, 0.2) is 0 Å². The molecule has 1 aliphatic rings. The Morgan fingerprint density at radius 2 is 1.91 bits per heavy atom. The molecule has 0 saturated carbocycles. The number of benzene rings is 3. The Balaban J connectivity index is 1.37. The van der Waals surface area contributed by atoms with E-state index >= 15 is 0 Å². The number of aryl methyl sites for hydroxylation is 1. The maximum atomic E-state index is 12.6. The molecule has 4 rings (SSSR count). The number of rotatable bonds is 7. The van der Waals surface area contributed by atoms with Crippen molar-refractivity contribution in [2.24, 2.45) is 0 Å². The Morgan fingerprint density at radius 1 is 1.09 bits per heavy atom. The Hall–Kier alpha value is -3.51. The molecular formula is C27H26N2O3S. The van der Waals surface area contributed by atoms with E-state index in [1.54, 1.807) is 12.1 Å². The molecule has 0 aliphatic carbocycles. The summed E-state index contributed by atoms with van der Waals surface area (Å²) in [5, 5.41) is 5.87. The monoisotopic (exact) mass is 458 g/mol. The van der Waals surface area contributed by atoms with Crippen LogP contribution in [0.3, 0.4) is 0 Å². The number of carbonyl (C=O) groups excluding carboxylic acids is 2. The minimum atomic E-state index is -0.165. The van der Waals surface area contributed by atoms with Crippen molar-refractivity contribution in [3.05, 3.63) is 93.9 Å². The molecule has 6 heteroatoms. The molecule has 0 saturated heterocycles. The van der Waals surface area contributed by atoms with Crippen molar-refractivity contribution in [1.82, 2.24) is 5.32 Å². The summed E-state index contributed by atoms with van der Waals surface area (Å²) >= 11 is 1.41. The molecule has 0 radical (unpaired) electrons. The first-order chi connectivity index (χ1) is 16.0. The van der Waals surface area contributed by atoms with E-state index in [-0.39, 0.29) is 11.8 Å². The van der Waals surface area contributed by atoms with Gasteiger partial charge in [0.2, 0.25) is 0 Å². The van der Waals surface area contributed by atoms with Crippen LogP contribution >= 0.6 is 11.8 Å². The summed E-state index contributed by atoms with van der Waals surface area (Å²) in [6.45, 7) is 5.14. The van der Waals surface area contributed by atoms with Crippen LogP contribution in [-0.2, 0) is 11.2 Å². The number of amides is 2. The van der Waals surface area contributed by atoms with E-state index in [0.29, 0.717) is 29.3 Å². The van der Waals surface area contributed by atoms with Crippen LogP contribution in [0.4, 0.5) is 5.69 Å². The highest BCUT2D eigenvalue weighted by Crippen LogP contribution is 2.39. The smallest absolute Gasteiger partial charge is 0.262 e. The van der Waals surface area contributed by atoms with E-state index in [9.17, 15) is 9.59 Å². The minimum Gasteiger partial charge on any atom is -0.494 e. The maximum absolute atomic E-state index is 12.6. The van der Waals surface area contributed by atoms with Gasteiger partial charge in [0.25, 0.3) is 11.8 Å². The molecule has 3 aromatic carbocycles. The lowest BCUT2D eigenvalue weighted by atomic mass is 10.1. The lowest BCUT2D eigenvalue weighted by Gasteiger charge is -2.19. The number of hydrogen-bond donors (Lipinski definition) is 2. The van der Waals surface area contributed by atoms with E-state index in [4.69, 9.17) is 4.74 Å². The summed E-state index contributed by atoms with van der Waals surface area (Å²) < 4.78 is 5.45. The number of ether oxygens (including phenoxy) is 1. The highest BCUT2D eigenvalue weighted by Gasteiger charge is 2.22. The van der Waals surface area contributed by atoms with Crippen molar-refractivity contribution in [3.63, 3.8) is 0 Å². The average molecular weight is 459 g/mol. The molecule has 5 nitrogen and oxygen atoms in total. The molecule has 2 N–H and O–H groups in total. The van der Waals surface area contributed by atoms with Crippen LogP contribution in [-0.4, -0.2) is 25.0 Å². The van der Waals surface area contributed by atoms with E-state index in [1.165, 1.54) is 11.8 Å². The van der Waals surface area contributed by atoms with Crippen molar-refractivity contribution in [3.8, 4) is 5.75 Å². The van der Waals surface area contributed by atoms with Crippen LogP contribution in [0.1, 0.15) is 34.0 Å². The first kappa shape index (κ1) is 22.7. The molecule has 0 fully saturated rings. The fourth-order valence-corrected chi connectivity index (χ4v) is 4.49. The molecule has 0 bridgehead atoms. The highest BCUT2D eigenvalue weighted by atomic mass is 32.2. The minimum absolute atomic E-state index is 0.163. The number of thioether (sulfide) groups is 1. The van der Waals surface area contributed by atoms with E-state index in [0.717, 1.165) is 33.8 Å². The normalized spacial score (nSPS) is 13.9. The molecule has 2 amide bonds. The van der Waals surface area contributed by atoms with Crippen molar-refractivity contribution < 1.29 is 14.3 Å². The van der Waals surface area contributed by atoms with Gasteiger partial charge in [0.1, 0.15) is 5.75 Å². The second-order valence-corrected chi connectivity index (χ2v) is 8.86. The molecule has 0 unspecified atom stereocenters. The number of hydrogen-bond acceptors (Lipinski definition) is 4. The van der Waals surface area contributed by atoms with Crippen LogP contribution in [0.5, 0.6) is 5.75 Å². The zero-order valence-electron chi connectivity index (χ0n) is 18.7. The number of carbonyl (C=O) groups is 2. The highest BCUT2D eigenvalue weighted by molar-refractivity contribution is 8.04. The lowest BCUT2D eigenvalue weighted by Crippen LogP contribution is -2.26. The molecule has 168 valence electrons. The zero-order valence-corrected chi connectivity index (χ0v) is 19.5. The molecule has 1 aliphatic heterocycles. The van der Waals surface area contributed by atoms with Gasteiger partial charge >= 0.3 is 0 Å².